The van der Waals surface area contributed by atoms with Gasteiger partial charge in [0.25, 0.3) is 5.91 Å². The predicted octanol–water partition coefficient (Wildman–Crippen LogP) is 3.76. The second-order valence-corrected chi connectivity index (χ2v) is 9.31. The third kappa shape index (κ3) is 5.79. The van der Waals surface area contributed by atoms with Gasteiger partial charge in [0.2, 0.25) is 0 Å². The number of thiazole rings is 1. The number of nitrogens with one attached hydrogen (secondary N) is 1. The van der Waals surface area contributed by atoms with Crippen LogP contribution in [0.15, 0.2) is 60.7 Å². The maximum Gasteiger partial charge on any atom is 0.263 e. The number of rotatable bonds is 7. The number of amides is 1. The molecule has 2 heterocycles. The zero-order chi connectivity index (χ0) is 21.6. The van der Waals surface area contributed by atoms with Gasteiger partial charge < -0.3 is 10.2 Å². The summed E-state index contributed by atoms with van der Waals surface area (Å²) in [6.07, 6.45) is 0.753. The van der Waals surface area contributed by atoms with Crippen LogP contribution in [0.25, 0.3) is 0 Å². The Morgan fingerprint density at radius 3 is 2.35 bits per heavy atom. The van der Waals surface area contributed by atoms with Crippen molar-refractivity contribution in [2.75, 3.05) is 39.8 Å². The molecule has 0 bridgehead atoms. The smallest absolute Gasteiger partial charge is 0.263 e. The Bertz CT molecular complexity index is 981. The van der Waals surface area contributed by atoms with Gasteiger partial charge in [-0.3, -0.25) is 9.69 Å². The van der Waals surface area contributed by atoms with Crippen LogP contribution in [0.5, 0.6) is 0 Å². The molecule has 0 aliphatic carbocycles. The minimum absolute atomic E-state index is 0.0303. The van der Waals surface area contributed by atoms with Crippen molar-refractivity contribution in [3.8, 4) is 0 Å². The van der Waals surface area contributed by atoms with Crippen LogP contribution in [0.3, 0.4) is 0 Å². The molecule has 3 aromatic rings. The number of likely N-dealkylation sites (N-methyl/N-ethyl adjacent to an activating group) is 1. The molecule has 1 aliphatic rings. The van der Waals surface area contributed by atoms with E-state index in [4.69, 9.17) is 0 Å². The van der Waals surface area contributed by atoms with Crippen LogP contribution in [0.2, 0.25) is 0 Å². The number of benzene rings is 2. The van der Waals surface area contributed by atoms with Crippen molar-refractivity contribution < 1.29 is 4.79 Å². The van der Waals surface area contributed by atoms with Gasteiger partial charge in [0.15, 0.2) is 0 Å². The Kier molecular flexibility index (Phi) is 7.12. The molecule has 0 saturated carbocycles. The van der Waals surface area contributed by atoms with Crippen LogP contribution in [0, 0.1) is 6.92 Å². The van der Waals surface area contributed by atoms with E-state index in [0.29, 0.717) is 4.88 Å². The van der Waals surface area contributed by atoms with Gasteiger partial charge in [-0.1, -0.05) is 60.7 Å². The van der Waals surface area contributed by atoms with Crippen LogP contribution >= 0.6 is 11.3 Å². The molecule has 1 aliphatic heterocycles. The van der Waals surface area contributed by atoms with Gasteiger partial charge in [-0.05, 0) is 25.1 Å². The van der Waals surface area contributed by atoms with Crippen molar-refractivity contribution in [2.45, 2.75) is 19.4 Å². The van der Waals surface area contributed by atoms with E-state index < -0.39 is 0 Å². The van der Waals surface area contributed by atoms with E-state index in [1.165, 1.54) is 16.9 Å². The molecule has 4 rings (SSSR count). The van der Waals surface area contributed by atoms with E-state index >= 15 is 0 Å². The fourth-order valence-corrected chi connectivity index (χ4v) is 4.94. The summed E-state index contributed by atoms with van der Waals surface area (Å²) < 4.78 is 0. The lowest BCUT2D eigenvalue weighted by Gasteiger charge is -2.35. The minimum Gasteiger partial charge on any atom is -0.343 e. The van der Waals surface area contributed by atoms with Crippen molar-refractivity contribution in [1.82, 2.24) is 20.1 Å². The maximum atomic E-state index is 13.2. The molecule has 1 atom stereocenters. The van der Waals surface area contributed by atoms with E-state index in [1.807, 2.05) is 43.3 Å². The molecule has 0 spiro atoms. The van der Waals surface area contributed by atoms with Gasteiger partial charge in [-0.15, -0.1) is 11.3 Å². The Morgan fingerprint density at radius 1 is 1.03 bits per heavy atom. The maximum absolute atomic E-state index is 13.2. The molecule has 1 unspecified atom stereocenters. The van der Waals surface area contributed by atoms with E-state index in [1.54, 1.807) is 0 Å². The molecule has 1 saturated heterocycles. The first-order chi connectivity index (χ1) is 15.1. The summed E-state index contributed by atoms with van der Waals surface area (Å²) in [5.41, 5.74) is 3.15. The lowest BCUT2D eigenvalue weighted by Crippen LogP contribution is -2.47. The Balaban J connectivity index is 1.48. The van der Waals surface area contributed by atoms with E-state index in [0.717, 1.165) is 55.4 Å². The van der Waals surface area contributed by atoms with Crippen molar-refractivity contribution in [3.05, 3.63) is 87.4 Å². The number of hydrogen-bond acceptors (Lipinski definition) is 5. The Labute approximate surface area is 188 Å². The molecule has 31 heavy (non-hydrogen) atoms. The van der Waals surface area contributed by atoms with Gasteiger partial charge in [-0.2, -0.15) is 0 Å². The number of hydrogen-bond donors (Lipinski definition) is 1. The van der Waals surface area contributed by atoms with Crippen molar-refractivity contribution in [3.63, 3.8) is 0 Å². The second-order valence-electron chi connectivity index (χ2n) is 8.23. The third-order valence-electron chi connectivity index (χ3n) is 5.79. The van der Waals surface area contributed by atoms with Crippen molar-refractivity contribution in [2.24, 2.45) is 0 Å². The summed E-state index contributed by atoms with van der Waals surface area (Å²) >= 11 is 1.50. The highest BCUT2D eigenvalue weighted by Crippen LogP contribution is 2.23. The highest BCUT2D eigenvalue weighted by molar-refractivity contribution is 7.13. The van der Waals surface area contributed by atoms with Crippen LogP contribution < -0.4 is 5.32 Å². The van der Waals surface area contributed by atoms with Crippen molar-refractivity contribution in [1.29, 1.82) is 0 Å². The fraction of sp³-hybridized carbons (Fsp3) is 0.360. The largest absolute Gasteiger partial charge is 0.343 e. The first kappa shape index (κ1) is 21.7. The van der Waals surface area contributed by atoms with Gasteiger partial charge in [0.1, 0.15) is 4.88 Å². The fourth-order valence-electron chi connectivity index (χ4n) is 3.94. The summed E-state index contributed by atoms with van der Waals surface area (Å²) in [4.78, 5) is 23.4. The van der Waals surface area contributed by atoms with Crippen molar-refractivity contribution >= 4 is 17.2 Å². The summed E-state index contributed by atoms with van der Waals surface area (Å²) in [6, 6.07) is 20.5. The summed E-state index contributed by atoms with van der Waals surface area (Å²) in [5.74, 6) is -0.0303. The second kappa shape index (κ2) is 10.2. The molecule has 1 fully saturated rings. The highest BCUT2D eigenvalue weighted by atomic mass is 32.1. The normalized spacial score (nSPS) is 16.2. The average molecular weight is 435 g/mol. The van der Waals surface area contributed by atoms with Crippen LogP contribution in [-0.4, -0.2) is 60.5 Å². The Hall–Kier alpha value is -2.54. The average Bonchev–Trinajstić information content (AvgIpc) is 3.16. The van der Waals surface area contributed by atoms with Gasteiger partial charge in [0, 0.05) is 39.1 Å². The molecular weight excluding hydrogens is 404 g/mol. The first-order valence-corrected chi connectivity index (χ1v) is 11.7. The van der Waals surface area contributed by atoms with Crippen LogP contribution in [-0.2, 0) is 6.42 Å². The predicted molar refractivity (Wildman–Crippen MR) is 127 cm³/mol. The molecule has 162 valence electrons. The van der Waals surface area contributed by atoms with Crippen LogP contribution in [0.4, 0.5) is 0 Å². The summed E-state index contributed by atoms with van der Waals surface area (Å²) in [5, 5.41) is 4.28. The standard InChI is InChI=1S/C25H30N4OS/c1-19-24(31-23(26-19)17-20-9-5-3-6-10-20)25(30)27-22(21-11-7-4-8-12-21)18-29-15-13-28(2)14-16-29/h3-12,22H,13-18H2,1-2H3,(H,27,30). The molecule has 2 aromatic carbocycles. The number of carbonyl (C=O) groups is 1. The molecule has 6 heteroatoms. The number of piperazine rings is 1. The topological polar surface area (TPSA) is 48.5 Å². The molecule has 0 radical (unpaired) electrons. The number of aromatic nitrogens is 1. The van der Waals surface area contributed by atoms with E-state index in [2.05, 4.69) is 51.4 Å². The molecule has 1 N–H and O–H groups in total. The van der Waals surface area contributed by atoms with Crippen LogP contribution in [0.1, 0.15) is 37.5 Å². The van der Waals surface area contributed by atoms with Gasteiger partial charge in [-0.25, -0.2) is 4.98 Å². The minimum atomic E-state index is -0.0452. The SMILES string of the molecule is Cc1nc(Cc2ccccc2)sc1C(=O)NC(CN1CCN(C)CC1)c1ccccc1. The molecule has 5 nitrogen and oxygen atoms in total. The summed E-state index contributed by atoms with van der Waals surface area (Å²) in [6.45, 7) is 6.92. The number of aryl methyl sites for hydroxylation is 1. The molecule has 1 amide bonds. The summed E-state index contributed by atoms with van der Waals surface area (Å²) in [7, 11) is 2.16. The number of nitrogens with zero attached hydrogens (tertiary/aromatic N) is 3. The third-order valence-corrected chi connectivity index (χ3v) is 6.95. The Morgan fingerprint density at radius 2 is 1.68 bits per heavy atom. The van der Waals surface area contributed by atoms with E-state index in [9.17, 15) is 4.79 Å². The first-order valence-electron chi connectivity index (χ1n) is 10.9. The molecular formula is C25H30N4OS. The zero-order valence-corrected chi connectivity index (χ0v) is 19.1. The van der Waals surface area contributed by atoms with Gasteiger partial charge in [0.05, 0.1) is 16.7 Å². The molecule has 1 aromatic heterocycles. The van der Waals surface area contributed by atoms with E-state index in [-0.39, 0.29) is 11.9 Å². The quantitative estimate of drug-likeness (QED) is 0.615. The highest BCUT2D eigenvalue weighted by Gasteiger charge is 2.23. The van der Waals surface area contributed by atoms with Gasteiger partial charge >= 0.3 is 0 Å². The lowest BCUT2D eigenvalue weighted by atomic mass is 10.1. The zero-order valence-electron chi connectivity index (χ0n) is 18.3. The monoisotopic (exact) mass is 434 g/mol. The lowest BCUT2D eigenvalue weighted by molar-refractivity contribution is 0.0910. The number of carbonyl (C=O) groups excluding carboxylic acids is 1.